The smallest absolute Gasteiger partial charge is 0.00107 e. The summed E-state index contributed by atoms with van der Waals surface area (Å²) in [4.78, 5) is 0. The van der Waals surface area contributed by atoms with Crippen LogP contribution in [-0.4, -0.2) is 0 Å². The molecule has 1 aliphatic rings. The molecule has 0 radical (unpaired) electrons. The molecule has 0 N–H and O–H groups in total. The monoisotopic (exact) mass is 222 g/mol. The van der Waals surface area contributed by atoms with Gasteiger partial charge in [0, 0.05) is 0 Å². The van der Waals surface area contributed by atoms with Crippen molar-refractivity contribution in [2.45, 2.75) is 33.1 Å². The van der Waals surface area contributed by atoms with Crippen LogP contribution in [0.15, 0.2) is 36.4 Å². The lowest BCUT2D eigenvalue weighted by Crippen LogP contribution is -1.93. The summed E-state index contributed by atoms with van der Waals surface area (Å²) in [7, 11) is 0. The fourth-order valence-electron chi connectivity index (χ4n) is 2.89. The Balaban J connectivity index is 2.25. The summed E-state index contributed by atoms with van der Waals surface area (Å²) in [5.74, 6) is 0. The van der Waals surface area contributed by atoms with E-state index in [-0.39, 0.29) is 0 Å². The lowest BCUT2D eigenvalue weighted by molar-refractivity contribution is 1.05. The first-order chi connectivity index (χ1) is 8.33. The number of aryl methyl sites for hydroxylation is 2. The molecular formula is C17H18. The van der Waals surface area contributed by atoms with Crippen LogP contribution in [-0.2, 0) is 19.3 Å². The molecule has 0 saturated carbocycles. The third-order valence-electron chi connectivity index (χ3n) is 3.87. The molecule has 3 rings (SSSR count). The highest BCUT2D eigenvalue weighted by atomic mass is 14.2. The fraction of sp³-hybridized carbons (Fsp3) is 0.294. The molecule has 0 unspecified atom stereocenters. The highest BCUT2D eigenvalue weighted by molar-refractivity contribution is 5.78. The van der Waals surface area contributed by atoms with E-state index in [0.717, 1.165) is 19.3 Å². The molecule has 0 atom stereocenters. The Bertz CT molecular complexity index is 564. The maximum Gasteiger partial charge on any atom is -0.00107 e. The van der Waals surface area contributed by atoms with Gasteiger partial charge in [0.15, 0.2) is 0 Å². The van der Waals surface area contributed by atoms with Gasteiger partial charge in [0.05, 0.1) is 0 Å². The van der Waals surface area contributed by atoms with Gasteiger partial charge in [0.2, 0.25) is 0 Å². The Kier molecular flexibility index (Phi) is 2.51. The number of benzene rings is 2. The molecule has 0 spiro atoms. The molecule has 0 bridgehead atoms. The zero-order chi connectivity index (χ0) is 11.8. The highest BCUT2D eigenvalue weighted by Crippen LogP contribution is 2.39. The van der Waals surface area contributed by atoms with E-state index >= 15 is 0 Å². The predicted octanol–water partition coefficient (Wildman–Crippen LogP) is 4.38. The van der Waals surface area contributed by atoms with Gasteiger partial charge in [-0.1, -0.05) is 50.2 Å². The Morgan fingerprint density at radius 3 is 2.53 bits per heavy atom. The third kappa shape index (κ3) is 1.59. The van der Waals surface area contributed by atoms with E-state index in [2.05, 4.69) is 50.2 Å². The van der Waals surface area contributed by atoms with Gasteiger partial charge in [0.25, 0.3) is 0 Å². The van der Waals surface area contributed by atoms with Crippen molar-refractivity contribution in [3.8, 4) is 11.1 Å². The number of hydrogen-bond donors (Lipinski definition) is 0. The number of rotatable bonds is 2. The molecule has 0 nitrogen and oxygen atoms in total. The third-order valence-corrected chi connectivity index (χ3v) is 3.87. The Morgan fingerprint density at radius 1 is 0.941 bits per heavy atom. The minimum Gasteiger partial charge on any atom is -0.0619 e. The summed E-state index contributed by atoms with van der Waals surface area (Å²) in [6.45, 7) is 4.50. The summed E-state index contributed by atoms with van der Waals surface area (Å²) in [5, 5.41) is 0. The Labute approximate surface area is 103 Å². The molecular weight excluding hydrogens is 204 g/mol. The first kappa shape index (κ1) is 10.6. The van der Waals surface area contributed by atoms with Gasteiger partial charge in [-0.2, -0.15) is 0 Å². The Morgan fingerprint density at radius 2 is 1.76 bits per heavy atom. The molecule has 2 aromatic rings. The lowest BCUT2D eigenvalue weighted by Gasteiger charge is -2.09. The fourth-order valence-corrected chi connectivity index (χ4v) is 2.89. The summed E-state index contributed by atoms with van der Waals surface area (Å²) < 4.78 is 0. The van der Waals surface area contributed by atoms with Crippen LogP contribution in [0, 0.1) is 0 Å². The second kappa shape index (κ2) is 4.03. The molecule has 0 aliphatic heterocycles. The van der Waals surface area contributed by atoms with Gasteiger partial charge in [-0.15, -0.1) is 0 Å². The van der Waals surface area contributed by atoms with Crippen LogP contribution in [0.3, 0.4) is 0 Å². The van der Waals surface area contributed by atoms with E-state index in [1.807, 2.05) is 0 Å². The molecule has 0 heterocycles. The van der Waals surface area contributed by atoms with Crippen LogP contribution in [0.4, 0.5) is 0 Å². The summed E-state index contributed by atoms with van der Waals surface area (Å²) in [5.41, 5.74) is 8.99. The van der Waals surface area contributed by atoms with Crippen LogP contribution in [0.25, 0.3) is 11.1 Å². The summed E-state index contributed by atoms with van der Waals surface area (Å²) >= 11 is 0. The second-order valence-corrected chi connectivity index (χ2v) is 4.82. The molecule has 0 heteroatoms. The molecule has 0 amide bonds. The van der Waals surface area contributed by atoms with Crippen LogP contribution >= 0.6 is 0 Å². The normalized spacial score (nSPS) is 12.4. The van der Waals surface area contributed by atoms with E-state index in [4.69, 9.17) is 0 Å². The number of fused-ring (bicyclic) bond motifs is 3. The van der Waals surface area contributed by atoms with Crippen molar-refractivity contribution in [1.29, 1.82) is 0 Å². The standard InChI is InChI=1S/C17H18/c1-3-12-9-13(4-2)16-11-14-7-5-6-8-15(14)17(16)10-12/h5-10H,3-4,11H2,1-2H3. The van der Waals surface area contributed by atoms with Gasteiger partial charge in [-0.25, -0.2) is 0 Å². The van der Waals surface area contributed by atoms with Crippen LogP contribution in [0.1, 0.15) is 36.1 Å². The first-order valence-corrected chi connectivity index (χ1v) is 6.56. The van der Waals surface area contributed by atoms with E-state index in [9.17, 15) is 0 Å². The molecule has 2 aromatic carbocycles. The van der Waals surface area contributed by atoms with E-state index in [1.54, 1.807) is 5.56 Å². The second-order valence-electron chi connectivity index (χ2n) is 4.82. The number of hydrogen-bond acceptors (Lipinski definition) is 0. The van der Waals surface area contributed by atoms with Gasteiger partial charge in [0.1, 0.15) is 0 Å². The zero-order valence-electron chi connectivity index (χ0n) is 10.6. The maximum atomic E-state index is 2.39. The minimum atomic E-state index is 1.12. The lowest BCUT2D eigenvalue weighted by atomic mass is 9.95. The quantitative estimate of drug-likeness (QED) is 0.603. The van der Waals surface area contributed by atoms with Crippen molar-refractivity contribution >= 4 is 0 Å². The van der Waals surface area contributed by atoms with Crippen molar-refractivity contribution in [2.24, 2.45) is 0 Å². The van der Waals surface area contributed by atoms with E-state index in [0.29, 0.717) is 0 Å². The van der Waals surface area contributed by atoms with Crippen molar-refractivity contribution in [2.75, 3.05) is 0 Å². The molecule has 0 saturated heterocycles. The SMILES string of the molecule is CCc1cc(CC)c2c(c1)-c1ccccc1C2. The predicted molar refractivity (Wildman–Crippen MR) is 73.4 cm³/mol. The summed E-state index contributed by atoms with van der Waals surface area (Å²) in [6, 6.07) is 13.6. The zero-order valence-corrected chi connectivity index (χ0v) is 10.6. The maximum absolute atomic E-state index is 2.39. The van der Waals surface area contributed by atoms with E-state index in [1.165, 1.54) is 27.8 Å². The van der Waals surface area contributed by atoms with Crippen LogP contribution in [0.5, 0.6) is 0 Å². The topological polar surface area (TPSA) is 0 Å². The van der Waals surface area contributed by atoms with Gasteiger partial charge < -0.3 is 0 Å². The van der Waals surface area contributed by atoms with Crippen LogP contribution < -0.4 is 0 Å². The average molecular weight is 222 g/mol. The molecule has 1 aliphatic carbocycles. The average Bonchev–Trinajstić information content (AvgIpc) is 2.76. The Hall–Kier alpha value is -1.56. The van der Waals surface area contributed by atoms with E-state index < -0.39 is 0 Å². The molecule has 86 valence electrons. The van der Waals surface area contributed by atoms with Crippen molar-refractivity contribution in [1.82, 2.24) is 0 Å². The largest absolute Gasteiger partial charge is 0.0619 e. The van der Waals surface area contributed by atoms with Crippen molar-refractivity contribution in [3.63, 3.8) is 0 Å². The van der Waals surface area contributed by atoms with Gasteiger partial charge in [-0.05, 0) is 52.6 Å². The van der Waals surface area contributed by atoms with Crippen molar-refractivity contribution < 1.29 is 0 Å². The van der Waals surface area contributed by atoms with Gasteiger partial charge in [-0.3, -0.25) is 0 Å². The van der Waals surface area contributed by atoms with Crippen molar-refractivity contribution in [3.05, 3.63) is 58.7 Å². The molecule has 17 heavy (non-hydrogen) atoms. The summed E-state index contributed by atoms with van der Waals surface area (Å²) in [6.07, 6.45) is 3.39. The minimum absolute atomic E-state index is 1.12. The molecule has 0 fully saturated rings. The molecule has 0 aromatic heterocycles. The first-order valence-electron chi connectivity index (χ1n) is 6.56. The van der Waals surface area contributed by atoms with Gasteiger partial charge >= 0.3 is 0 Å². The van der Waals surface area contributed by atoms with Crippen LogP contribution in [0.2, 0.25) is 0 Å². The highest BCUT2D eigenvalue weighted by Gasteiger charge is 2.20.